The number of carbonyl (C=O) groups excluding carboxylic acids is 2. The summed E-state index contributed by atoms with van der Waals surface area (Å²) >= 11 is 0. The first kappa shape index (κ1) is 28.4. The third-order valence-electron chi connectivity index (χ3n) is 7.14. The van der Waals surface area contributed by atoms with Crippen LogP contribution in [0.2, 0.25) is 0 Å². The Labute approximate surface area is 225 Å². The zero-order valence-electron chi connectivity index (χ0n) is 21.6. The Hall–Kier alpha value is -3.65. The second-order valence-corrected chi connectivity index (χ2v) is 12.0. The van der Waals surface area contributed by atoms with Gasteiger partial charge in [-0.05, 0) is 35.7 Å². The predicted molar refractivity (Wildman–Crippen MR) is 142 cm³/mol. The molecule has 0 bridgehead atoms. The van der Waals surface area contributed by atoms with Gasteiger partial charge in [-0.15, -0.1) is 0 Å². The number of sulfone groups is 1. The van der Waals surface area contributed by atoms with Gasteiger partial charge in [0.1, 0.15) is 6.10 Å². The molecule has 1 aliphatic rings. The maximum absolute atomic E-state index is 13.2. The van der Waals surface area contributed by atoms with Crippen LogP contribution in [0.4, 0.5) is 0 Å². The topological polar surface area (TPSA) is 157 Å². The van der Waals surface area contributed by atoms with Gasteiger partial charge in [0.05, 0.1) is 37.0 Å². The number of hydrogen-bond acceptors (Lipinski definition) is 10. The quantitative estimate of drug-likeness (QED) is 0.207. The number of morpholine rings is 1. The maximum Gasteiger partial charge on any atom is 0.293 e. The highest BCUT2D eigenvalue weighted by atomic mass is 32.2. The normalized spacial score (nSPS) is 16.8. The van der Waals surface area contributed by atoms with E-state index in [1.807, 2.05) is 12.1 Å². The number of ether oxygens (including phenoxy) is 2. The van der Waals surface area contributed by atoms with Crippen LogP contribution in [0, 0.1) is 0 Å². The Bertz CT molecular complexity index is 1520. The molecule has 2 atom stereocenters. The highest BCUT2D eigenvalue weighted by Gasteiger charge is 2.52. The van der Waals surface area contributed by atoms with Crippen molar-refractivity contribution in [3.05, 3.63) is 64.7 Å². The van der Waals surface area contributed by atoms with Crippen LogP contribution in [0.5, 0.6) is 0 Å². The number of amides is 1. The van der Waals surface area contributed by atoms with Crippen molar-refractivity contribution in [2.45, 2.75) is 30.9 Å². The van der Waals surface area contributed by atoms with Crippen LogP contribution in [0.25, 0.3) is 22.0 Å². The molecule has 2 heterocycles. The fraction of sp³-hybridized carbons (Fsp3) is 0.385. The number of nitrogens with one attached hydrogen (secondary N) is 1. The molecule has 1 amide bonds. The summed E-state index contributed by atoms with van der Waals surface area (Å²) in [5.74, 6) is -1.31. The standard InChI is InChI=1S/C26H30N4O8S/c1-26(25(33)28-34,39(2,35)36)23(38-17-31)15-30-16-27-22-13-20(7-8-21(22)24(30)32)19-5-3-18(4-6-19)14-29-9-11-37-12-10-29/h3-8,13,16-17,23,34H,9-12,14-15H2,1-2H3,(H,28,33). The molecule has 1 fully saturated rings. The second-order valence-electron chi connectivity index (χ2n) is 9.56. The van der Waals surface area contributed by atoms with Gasteiger partial charge in [-0.2, -0.15) is 0 Å². The molecule has 4 rings (SSSR count). The number of fused-ring (bicyclic) bond motifs is 1. The molecule has 1 aliphatic heterocycles. The number of carbonyl (C=O) groups is 2. The van der Waals surface area contributed by atoms with Gasteiger partial charge in [0.15, 0.2) is 14.6 Å². The van der Waals surface area contributed by atoms with Crippen LogP contribution in [-0.2, 0) is 42.0 Å². The van der Waals surface area contributed by atoms with Crippen molar-refractivity contribution in [3.8, 4) is 11.1 Å². The summed E-state index contributed by atoms with van der Waals surface area (Å²) in [4.78, 5) is 43.4. The molecule has 13 heteroatoms. The highest BCUT2D eigenvalue weighted by molar-refractivity contribution is 7.92. The molecule has 0 spiro atoms. The number of hydrogen-bond donors (Lipinski definition) is 2. The predicted octanol–water partition coefficient (Wildman–Crippen LogP) is 0.746. The van der Waals surface area contributed by atoms with Gasteiger partial charge >= 0.3 is 0 Å². The summed E-state index contributed by atoms with van der Waals surface area (Å²) < 4.78 is 34.0. The summed E-state index contributed by atoms with van der Waals surface area (Å²) in [6, 6.07) is 13.3. The van der Waals surface area contributed by atoms with Gasteiger partial charge < -0.3 is 9.47 Å². The first-order valence-electron chi connectivity index (χ1n) is 12.2. The fourth-order valence-electron chi connectivity index (χ4n) is 4.55. The Morgan fingerprint density at radius 1 is 1.21 bits per heavy atom. The van der Waals surface area contributed by atoms with Crippen LogP contribution in [0.1, 0.15) is 12.5 Å². The van der Waals surface area contributed by atoms with Crippen molar-refractivity contribution in [2.75, 3.05) is 32.6 Å². The van der Waals surface area contributed by atoms with Gasteiger partial charge in [0, 0.05) is 25.9 Å². The van der Waals surface area contributed by atoms with Crippen molar-refractivity contribution < 1.29 is 32.7 Å². The molecule has 208 valence electrons. The zero-order valence-corrected chi connectivity index (χ0v) is 22.4. The van der Waals surface area contributed by atoms with Crippen molar-refractivity contribution in [1.82, 2.24) is 19.9 Å². The van der Waals surface area contributed by atoms with Crippen LogP contribution in [0.15, 0.2) is 53.6 Å². The summed E-state index contributed by atoms with van der Waals surface area (Å²) in [7, 11) is -4.22. The lowest BCUT2D eigenvalue weighted by molar-refractivity contribution is -0.143. The van der Waals surface area contributed by atoms with E-state index in [9.17, 15) is 22.8 Å². The Kier molecular flexibility index (Phi) is 8.45. The number of aromatic nitrogens is 2. The molecule has 0 saturated carbocycles. The molecule has 1 aromatic heterocycles. The van der Waals surface area contributed by atoms with Crippen molar-refractivity contribution in [2.24, 2.45) is 0 Å². The van der Waals surface area contributed by atoms with E-state index >= 15 is 0 Å². The lowest BCUT2D eigenvalue weighted by Gasteiger charge is -2.32. The van der Waals surface area contributed by atoms with Gasteiger partial charge in [0.2, 0.25) is 0 Å². The van der Waals surface area contributed by atoms with Gasteiger partial charge in [-0.1, -0.05) is 30.3 Å². The molecule has 39 heavy (non-hydrogen) atoms. The maximum atomic E-state index is 13.2. The molecule has 3 aromatic rings. The van der Waals surface area contributed by atoms with E-state index in [0.29, 0.717) is 5.52 Å². The average Bonchev–Trinajstić information content (AvgIpc) is 2.93. The van der Waals surface area contributed by atoms with E-state index in [-0.39, 0.29) is 11.9 Å². The lowest BCUT2D eigenvalue weighted by Crippen LogP contribution is -2.59. The summed E-state index contributed by atoms with van der Waals surface area (Å²) in [5, 5.41) is 9.38. The monoisotopic (exact) mass is 558 g/mol. The second kappa shape index (κ2) is 11.6. The molecule has 0 radical (unpaired) electrons. The minimum atomic E-state index is -4.22. The van der Waals surface area contributed by atoms with E-state index in [1.165, 1.54) is 17.4 Å². The molecule has 1 saturated heterocycles. The van der Waals surface area contributed by atoms with E-state index in [4.69, 9.17) is 14.7 Å². The SMILES string of the molecule is CC(C(=O)NO)(C(Cn1cnc2cc(-c3ccc(CN4CCOCC4)cc3)ccc2c1=O)OC=O)S(C)(=O)=O. The summed E-state index contributed by atoms with van der Waals surface area (Å²) in [6.07, 6.45) is 0.326. The molecule has 2 aromatic carbocycles. The van der Waals surface area contributed by atoms with E-state index < -0.39 is 38.7 Å². The smallest absolute Gasteiger partial charge is 0.293 e. The van der Waals surface area contributed by atoms with Crippen LogP contribution < -0.4 is 11.0 Å². The van der Waals surface area contributed by atoms with Gasteiger partial charge in [-0.25, -0.2) is 18.9 Å². The Morgan fingerprint density at radius 3 is 2.49 bits per heavy atom. The molecular weight excluding hydrogens is 528 g/mol. The molecule has 0 aliphatic carbocycles. The first-order valence-corrected chi connectivity index (χ1v) is 14.1. The van der Waals surface area contributed by atoms with E-state index in [2.05, 4.69) is 22.0 Å². The van der Waals surface area contributed by atoms with Crippen LogP contribution >= 0.6 is 0 Å². The van der Waals surface area contributed by atoms with E-state index in [0.717, 1.165) is 61.7 Å². The largest absolute Gasteiger partial charge is 0.460 e. The van der Waals surface area contributed by atoms with Crippen LogP contribution in [-0.4, -0.2) is 83.9 Å². The molecule has 2 unspecified atom stereocenters. The summed E-state index contributed by atoms with van der Waals surface area (Å²) in [5.41, 5.74) is 4.19. The van der Waals surface area contributed by atoms with Crippen molar-refractivity contribution >= 4 is 33.1 Å². The van der Waals surface area contributed by atoms with Crippen molar-refractivity contribution in [3.63, 3.8) is 0 Å². The molecule has 2 N–H and O–H groups in total. The Morgan fingerprint density at radius 2 is 1.87 bits per heavy atom. The zero-order chi connectivity index (χ0) is 28.2. The Balaban J connectivity index is 1.60. The fourth-order valence-corrected chi connectivity index (χ4v) is 5.54. The highest BCUT2D eigenvalue weighted by Crippen LogP contribution is 2.26. The number of benzene rings is 2. The van der Waals surface area contributed by atoms with Gasteiger partial charge in [0.25, 0.3) is 17.9 Å². The number of nitrogens with zero attached hydrogens (tertiary/aromatic N) is 3. The first-order chi connectivity index (χ1) is 18.6. The minimum Gasteiger partial charge on any atom is -0.460 e. The van der Waals surface area contributed by atoms with Crippen molar-refractivity contribution in [1.29, 1.82) is 0 Å². The molecular formula is C26H30N4O8S. The number of hydroxylamine groups is 1. The lowest BCUT2D eigenvalue weighted by atomic mass is 10.0. The van der Waals surface area contributed by atoms with Crippen LogP contribution in [0.3, 0.4) is 0 Å². The minimum absolute atomic E-state index is 0.0171. The summed E-state index contributed by atoms with van der Waals surface area (Å²) in [6.45, 7) is 4.61. The van der Waals surface area contributed by atoms with Gasteiger partial charge in [-0.3, -0.25) is 29.1 Å². The average molecular weight is 559 g/mol. The third kappa shape index (κ3) is 5.86. The van der Waals surface area contributed by atoms with E-state index in [1.54, 1.807) is 18.2 Å². The third-order valence-corrected chi connectivity index (χ3v) is 9.13. The molecule has 12 nitrogen and oxygen atoms in total. The number of rotatable bonds is 10.